The molecular weight excluding hydrogens is 517 g/mol. The Balaban J connectivity index is 0.00000289. The Labute approximate surface area is 206 Å². The molecule has 0 atom stereocenters. The van der Waals surface area contributed by atoms with Gasteiger partial charge in [0.2, 0.25) is 0 Å². The van der Waals surface area contributed by atoms with Gasteiger partial charge in [-0.05, 0) is 30.7 Å². The number of benzene rings is 2. The van der Waals surface area contributed by atoms with E-state index >= 15 is 0 Å². The van der Waals surface area contributed by atoms with Gasteiger partial charge in [0, 0.05) is 50.0 Å². The van der Waals surface area contributed by atoms with Crippen LogP contribution in [-0.4, -0.2) is 65.9 Å². The predicted molar refractivity (Wildman–Crippen MR) is 139 cm³/mol. The highest BCUT2D eigenvalue weighted by Crippen LogP contribution is 2.22. The Bertz CT molecular complexity index is 1000. The molecule has 1 aliphatic heterocycles. The number of methoxy groups -OCH3 is 1. The number of anilines is 1. The molecule has 4 rings (SSSR count). The highest BCUT2D eigenvalue weighted by atomic mass is 127. The SMILES string of the molecule is CCNC(=NCc1cccc(-c2ncn[nH]2)c1)N1CCN(c2cccc(OC)c2)CC1.I. The van der Waals surface area contributed by atoms with Crippen LogP contribution in [0, 0.1) is 0 Å². The van der Waals surface area contributed by atoms with E-state index in [0.717, 1.165) is 61.4 Å². The van der Waals surface area contributed by atoms with Crippen molar-refractivity contribution >= 4 is 35.6 Å². The minimum Gasteiger partial charge on any atom is -0.497 e. The zero-order valence-electron chi connectivity index (χ0n) is 18.5. The van der Waals surface area contributed by atoms with Crippen LogP contribution in [0.4, 0.5) is 5.69 Å². The lowest BCUT2D eigenvalue weighted by molar-refractivity contribution is 0.372. The monoisotopic (exact) mass is 547 g/mol. The van der Waals surface area contributed by atoms with E-state index in [1.54, 1.807) is 7.11 Å². The first-order chi connectivity index (χ1) is 15.3. The molecule has 9 heteroatoms. The highest BCUT2D eigenvalue weighted by Gasteiger charge is 2.20. The number of hydrogen-bond donors (Lipinski definition) is 2. The van der Waals surface area contributed by atoms with Gasteiger partial charge in [0.05, 0.1) is 13.7 Å². The molecule has 8 nitrogen and oxygen atoms in total. The van der Waals surface area contributed by atoms with Crippen LogP contribution in [0.15, 0.2) is 59.9 Å². The van der Waals surface area contributed by atoms with Crippen LogP contribution in [0.3, 0.4) is 0 Å². The van der Waals surface area contributed by atoms with Crippen molar-refractivity contribution in [3.05, 3.63) is 60.4 Å². The Morgan fingerprint density at radius 2 is 1.94 bits per heavy atom. The van der Waals surface area contributed by atoms with E-state index in [1.807, 2.05) is 24.3 Å². The van der Waals surface area contributed by atoms with Crippen molar-refractivity contribution in [3.63, 3.8) is 0 Å². The van der Waals surface area contributed by atoms with Gasteiger partial charge in [0.25, 0.3) is 0 Å². The summed E-state index contributed by atoms with van der Waals surface area (Å²) in [5, 5.41) is 10.3. The lowest BCUT2D eigenvalue weighted by Crippen LogP contribution is -2.52. The van der Waals surface area contributed by atoms with E-state index < -0.39 is 0 Å². The molecule has 0 radical (unpaired) electrons. The van der Waals surface area contributed by atoms with Crippen LogP contribution in [0.2, 0.25) is 0 Å². The van der Waals surface area contributed by atoms with Crippen LogP contribution in [-0.2, 0) is 6.54 Å². The molecule has 1 saturated heterocycles. The first kappa shape index (κ1) is 23.8. The van der Waals surface area contributed by atoms with Crippen molar-refractivity contribution in [1.82, 2.24) is 25.4 Å². The summed E-state index contributed by atoms with van der Waals surface area (Å²) in [6.07, 6.45) is 1.52. The van der Waals surface area contributed by atoms with E-state index in [-0.39, 0.29) is 24.0 Å². The molecule has 0 unspecified atom stereocenters. The third-order valence-electron chi connectivity index (χ3n) is 5.36. The lowest BCUT2D eigenvalue weighted by atomic mass is 10.1. The van der Waals surface area contributed by atoms with E-state index in [0.29, 0.717) is 6.54 Å². The summed E-state index contributed by atoms with van der Waals surface area (Å²) in [6, 6.07) is 16.5. The van der Waals surface area contributed by atoms with Gasteiger partial charge in [-0.1, -0.05) is 24.3 Å². The van der Waals surface area contributed by atoms with Gasteiger partial charge in [-0.15, -0.1) is 24.0 Å². The number of nitrogens with zero attached hydrogens (tertiary/aromatic N) is 5. The zero-order valence-corrected chi connectivity index (χ0v) is 20.8. The molecule has 0 bridgehead atoms. The zero-order chi connectivity index (χ0) is 21.5. The van der Waals surface area contributed by atoms with Gasteiger partial charge in [0.15, 0.2) is 11.8 Å². The fourth-order valence-corrected chi connectivity index (χ4v) is 3.74. The van der Waals surface area contributed by atoms with Gasteiger partial charge in [-0.25, -0.2) is 9.98 Å². The summed E-state index contributed by atoms with van der Waals surface area (Å²) >= 11 is 0. The van der Waals surface area contributed by atoms with Crippen LogP contribution in [0.25, 0.3) is 11.4 Å². The highest BCUT2D eigenvalue weighted by molar-refractivity contribution is 14.0. The number of aromatic nitrogens is 3. The molecule has 2 N–H and O–H groups in total. The maximum absolute atomic E-state index is 5.37. The topological polar surface area (TPSA) is 81.7 Å². The fourth-order valence-electron chi connectivity index (χ4n) is 3.74. The Morgan fingerprint density at radius 1 is 1.12 bits per heavy atom. The minimum atomic E-state index is 0. The maximum Gasteiger partial charge on any atom is 0.194 e. The molecular formula is C23H30IN7O. The number of piperazine rings is 1. The first-order valence-corrected chi connectivity index (χ1v) is 10.6. The molecule has 1 aromatic heterocycles. The van der Waals surface area contributed by atoms with Crippen molar-refractivity contribution in [1.29, 1.82) is 0 Å². The number of nitrogens with one attached hydrogen (secondary N) is 2. The molecule has 170 valence electrons. The van der Waals surface area contributed by atoms with E-state index in [4.69, 9.17) is 9.73 Å². The van der Waals surface area contributed by atoms with Crippen LogP contribution < -0.4 is 15.0 Å². The van der Waals surface area contributed by atoms with Crippen molar-refractivity contribution in [2.24, 2.45) is 4.99 Å². The van der Waals surface area contributed by atoms with Gasteiger partial charge in [0.1, 0.15) is 12.1 Å². The number of guanidine groups is 1. The number of halogens is 1. The van der Waals surface area contributed by atoms with E-state index in [2.05, 4.69) is 61.5 Å². The summed E-state index contributed by atoms with van der Waals surface area (Å²) in [6.45, 7) is 7.28. The molecule has 0 amide bonds. The second-order valence-electron chi connectivity index (χ2n) is 7.38. The summed E-state index contributed by atoms with van der Waals surface area (Å²) < 4.78 is 5.37. The van der Waals surface area contributed by atoms with Gasteiger partial charge in [-0.3, -0.25) is 5.10 Å². The lowest BCUT2D eigenvalue weighted by Gasteiger charge is -2.37. The Morgan fingerprint density at radius 3 is 2.66 bits per heavy atom. The molecule has 1 aliphatic rings. The number of H-pyrrole nitrogens is 1. The maximum atomic E-state index is 5.37. The Hall–Kier alpha value is -2.82. The summed E-state index contributed by atoms with van der Waals surface area (Å²) in [5.74, 6) is 2.62. The molecule has 1 fully saturated rings. The Kier molecular flexibility index (Phi) is 8.72. The summed E-state index contributed by atoms with van der Waals surface area (Å²) in [7, 11) is 1.71. The van der Waals surface area contributed by atoms with Crippen molar-refractivity contribution < 1.29 is 4.74 Å². The van der Waals surface area contributed by atoms with E-state index in [9.17, 15) is 0 Å². The third-order valence-corrected chi connectivity index (χ3v) is 5.36. The largest absolute Gasteiger partial charge is 0.497 e. The van der Waals surface area contributed by atoms with Crippen LogP contribution in [0.5, 0.6) is 5.75 Å². The van der Waals surface area contributed by atoms with Crippen LogP contribution in [0.1, 0.15) is 12.5 Å². The summed E-state index contributed by atoms with van der Waals surface area (Å²) in [5.41, 5.74) is 3.35. The third kappa shape index (κ3) is 5.90. The molecule has 2 heterocycles. The second kappa shape index (κ2) is 11.7. The van der Waals surface area contributed by atoms with Crippen molar-refractivity contribution in [3.8, 4) is 17.1 Å². The summed E-state index contributed by atoms with van der Waals surface area (Å²) in [4.78, 5) is 13.9. The molecule has 0 saturated carbocycles. The molecule has 3 aromatic rings. The molecule has 32 heavy (non-hydrogen) atoms. The first-order valence-electron chi connectivity index (χ1n) is 10.6. The normalized spacial score (nSPS) is 14.1. The average molecular weight is 547 g/mol. The van der Waals surface area contributed by atoms with Gasteiger partial charge >= 0.3 is 0 Å². The van der Waals surface area contributed by atoms with Gasteiger partial charge in [-0.2, -0.15) is 5.10 Å². The van der Waals surface area contributed by atoms with Crippen molar-refractivity contribution in [2.75, 3.05) is 44.7 Å². The number of aromatic amines is 1. The standard InChI is InChI=1S/C23H29N7O.HI/c1-3-24-23(25-16-18-6-4-7-19(14-18)22-26-17-27-28-22)30-12-10-29(11-13-30)20-8-5-9-21(15-20)31-2;/h4-9,14-15,17H,3,10-13,16H2,1-2H3,(H,24,25)(H,26,27,28);1H. The van der Waals surface area contributed by atoms with E-state index in [1.165, 1.54) is 12.0 Å². The van der Waals surface area contributed by atoms with Crippen molar-refractivity contribution in [2.45, 2.75) is 13.5 Å². The van der Waals surface area contributed by atoms with Gasteiger partial charge < -0.3 is 19.9 Å². The average Bonchev–Trinajstić information content (AvgIpc) is 3.37. The fraction of sp³-hybridized carbons (Fsp3) is 0.348. The number of ether oxygens (including phenoxy) is 1. The molecule has 2 aromatic carbocycles. The second-order valence-corrected chi connectivity index (χ2v) is 7.38. The minimum absolute atomic E-state index is 0. The number of hydrogen-bond acceptors (Lipinski definition) is 5. The molecule has 0 spiro atoms. The molecule has 0 aliphatic carbocycles. The predicted octanol–water partition coefficient (Wildman–Crippen LogP) is 3.39. The number of aliphatic imine (C=N–C) groups is 1. The van der Waals surface area contributed by atoms with Crippen LogP contribution >= 0.6 is 24.0 Å². The quantitative estimate of drug-likeness (QED) is 0.280. The smallest absolute Gasteiger partial charge is 0.194 e. The number of rotatable bonds is 6.